The topological polar surface area (TPSA) is 74.8 Å². The van der Waals surface area contributed by atoms with Gasteiger partial charge in [-0.25, -0.2) is 4.98 Å². The molecule has 1 amide bonds. The molecule has 158 valence electrons. The van der Waals surface area contributed by atoms with Crippen LogP contribution in [0.2, 0.25) is 5.02 Å². The Balaban J connectivity index is 1.54. The van der Waals surface area contributed by atoms with Crippen LogP contribution in [0.15, 0.2) is 57.8 Å². The van der Waals surface area contributed by atoms with Crippen LogP contribution in [0.3, 0.4) is 0 Å². The molecule has 1 unspecified atom stereocenters. The fourth-order valence-electron chi connectivity index (χ4n) is 3.07. The summed E-state index contributed by atoms with van der Waals surface area (Å²) in [4.78, 5) is 33.5. The highest BCUT2D eigenvalue weighted by Crippen LogP contribution is 2.32. The number of amides is 1. The standard InChI is InChI=1S/C23H20ClN3O2S2/c1-12-4-7-15(8-5-12)17-11-30-22-19(17)21(29)26-23(27-22)31-14(3)20(28)25-16-9-6-13(2)18(24)10-16/h4-11,14H,1-3H3,(H,25,28)(H,26,27,29). The minimum atomic E-state index is -0.461. The number of thiophene rings is 1. The Labute approximate surface area is 192 Å². The van der Waals surface area contributed by atoms with E-state index in [1.165, 1.54) is 23.1 Å². The van der Waals surface area contributed by atoms with Crippen molar-refractivity contribution in [3.63, 3.8) is 0 Å². The lowest BCUT2D eigenvalue weighted by Gasteiger charge is -2.12. The number of fused-ring (bicyclic) bond motifs is 1. The molecule has 0 bridgehead atoms. The Bertz CT molecular complexity index is 1330. The van der Waals surface area contributed by atoms with E-state index in [2.05, 4.69) is 15.3 Å². The zero-order valence-electron chi connectivity index (χ0n) is 17.2. The predicted molar refractivity (Wildman–Crippen MR) is 131 cm³/mol. The summed E-state index contributed by atoms with van der Waals surface area (Å²) < 4.78 is 0. The number of carbonyl (C=O) groups excluding carboxylic acids is 1. The maximum absolute atomic E-state index is 12.8. The van der Waals surface area contributed by atoms with Gasteiger partial charge in [0.05, 0.1) is 10.6 Å². The molecule has 2 aromatic carbocycles. The summed E-state index contributed by atoms with van der Waals surface area (Å²) in [7, 11) is 0. The highest BCUT2D eigenvalue weighted by molar-refractivity contribution is 8.00. The maximum atomic E-state index is 12.8. The Hall–Kier alpha value is -2.61. The van der Waals surface area contributed by atoms with E-state index in [-0.39, 0.29) is 11.5 Å². The quantitative estimate of drug-likeness (QED) is 0.276. The summed E-state index contributed by atoms with van der Waals surface area (Å²) in [6.07, 6.45) is 0. The molecule has 1 atom stereocenters. The van der Waals surface area contributed by atoms with Crippen LogP contribution in [-0.4, -0.2) is 21.1 Å². The van der Waals surface area contributed by atoms with E-state index in [0.717, 1.165) is 22.3 Å². The Kier molecular flexibility index (Phi) is 6.18. The number of benzene rings is 2. The molecule has 0 spiro atoms. The fourth-order valence-corrected chi connectivity index (χ4v) is 5.05. The van der Waals surface area contributed by atoms with Crippen LogP contribution in [0.1, 0.15) is 18.1 Å². The zero-order valence-corrected chi connectivity index (χ0v) is 19.5. The number of anilines is 1. The van der Waals surface area contributed by atoms with Crippen LogP contribution < -0.4 is 10.9 Å². The van der Waals surface area contributed by atoms with Crippen molar-refractivity contribution in [3.8, 4) is 11.1 Å². The van der Waals surface area contributed by atoms with Crippen molar-refractivity contribution in [1.29, 1.82) is 0 Å². The molecule has 0 saturated heterocycles. The lowest BCUT2D eigenvalue weighted by molar-refractivity contribution is -0.115. The predicted octanol–water partition coefficient (Wildman–Crippen LogP) is 6.04. The molecule has 0 saturated carbocycles. The molecule has 0 fully saturated rings. The monoisotopic (exact) mass is 469 g/mol. The third-order valence-electron chi connectivity index (χ3n) is 4.88. The number of aromatic nitrogens is 2. The first kappa shape index (κ1) is 21.6. The molecular weight excluding hydrogens is 450 g/mol. The molecule has 2 heterocycles. The van der Waals surface area contributed by atoms with Gasteiger partial charge in [0.2, 0.25) is 5.91 Å². The Morgan fingerprint density at radius 2 is 1.94 bits per heavy atom. The average molecular weight is 470 g/mol. The van der Waals surface area contributed by atoms with Gasteiger partial charge in [-0.15, -0.1) is 11.3 Å². The van der Waals surface area contributed by atoms with Crippen LogP contribution in [0.25, 0.3) is 21.3 Å². The number of halogens is 1. The summed E-state index contributed by atoms with van der Waals surface area (Å²) in [5.74, 6) is -0.195. The highest BCUT2D eigenvalue weighted by atomic mass is 35.5. The SMILES string of the molecule is Cc1ccc(-c2csc3nc(SC(C)C(=O)Nc4ccc(C)c(Cl)c4)[nH]c(=O)c23)cc1. The van der Waals surface area contributed by atoms with E-state index in [0.29, 0.717) is 26.1 Å². The lowest BCUT2D eigenvalue weighted by Crippen LogP contribution is -2.23. The number of hydrogen-bond donors (Lipinski definition) is 2. The molecule has 2 aromatic heterocycles. The van der Waals surface area contributed by atoms with Gasteiger partial charge in [-0.2, -0.15) is 0 Å². The van der Waals surface area contributed by atoms with Crippen molar-refractivity contribution in [2.45, 2.75) is 31.2 Å². The fraction of sp³-hybridized carbons (Fsp3) is 0.174. The van der Waals surface area contributed by atoms with Crippen LogP contribution in [0.5, 0.6) is 0 Å². The van der Waals surface area contributed by atoms with Crippen molar-refractivity contribution in [1.82, 2.24) is 9.97 Å². The second-order valence-corrected chi connectivity index (χ2v) is 9.87. The third kappa shape index (κ3) is 4.69. The molecule has 0 aliphatic rings. The van der Waals surface area contributed by atoms with E-state index in [9.17, 15) is 9.59 Å². The van der Waals surface area contributed by atoms with Crippen LogP contribution >= 0.6 is 34.7 Å². The molecule has 0 aliphatic heterocycles. The first-order valence-electron chi connectivity index (χ1n) is 9.64. The van der Waals surface area contributed by atoms with Crippen LogP contribution in [0, 0.1) is 13.8 Å². The van der Waals surface area contributed by atoms with E-state index in [4.69, 9.17) is 11.6 Å². The second-order valence-electron chi connectivity index (χ2n) is 7.28. The third-order valence-corrected chi connectivity index (χ3v) is 7.15. The Morgan fingerprint density at radius 1 is 1.19 bits per heavy atom. The molecule has 0 aliphatic carbocycles. The van der Waals surface area contributed by atoms with Crippen LogP contribution in [-0.2, 0) is 4.79 Å². The summed E-state index contributed by atoms with van der Waals surface area (Å²) in [6, 6.07) is 13.4. The van der Waals surface area contributed by atoms with Gasteiger partial charge in [-0.05, 0) is 44.0 Å². The van der Waals surface area contributed by atoms with E-state index in [1.54, 1.807) is 19.1 Å². The van der Waals surface area contributed by atoms with Gasteiger partial charge in [0, 0.05) is 21.7 Å². The van der Waals surface area contributed by atoms with Gasteiger partial charge < -0.3 is 10.3 Å². The minimum absolute atomic E-state index is 0.195. The number of carbonyl (C=O) groups is 1. The first-order valence-corrected chi connectivity index (χ1v) is 11.8. The summed E-state index contributed by atoms with van der Waals surface area (Å²) >= 11 is 8.76. The van der Waals surface area contributed by atoms with Gasteiger partial charge in [-0.3, -0.25) is 9.59 Å². The van der Waals surface area contributed by atoms with Gasteiger partial charge in [-0.1, -0.05) is 59.3 Å². The largest absolute Gasteiger partial charge is 0.325 e. The van der Waals surface area contributed by atoms with E-state index in [1.807, 2.05) is 49.6 Å². The lowest BCUT2D eigenvalue weighted by atomic mass is 10.1. The molecule has 8 heteroatoms. The van der Waals surface area contributed by atoms with Crippen molar-refractivity contribution in [3.05, 3.63) is 74.3 Å². The number of H-pyrrole nitrogens is 1. The van der Waals surface area contributed by atoms with Crippen LogP contribution in [0.4, 0.5) is 5.69 Å². The zero-order chi connectivity index (χ0) is 22.1. The molecule has 5 nitrogen and oxygen atoms in total. The number of aryl methyl sites for hydroxylation is 2. The van der Waals surface area contributed by atoms with Crippen molar-refractivity contribution >= 4 is 56.5 Å². The normalized spacial score (nSPS) is 12.1. The number of rotatable bonds is 5. The number of hydrogen-bond acceptors (Lipinski definition) is 5. The maximum Gasteiger partial charge on any atom is 0.260 e. The number of thioether (sulfide) groups is 1. The molecule has 2 N–H and O–H groups in total. The number of nitrogens with one attached hydrogen (secondary N) is 2. The van der Waals surface area contributed by atoms with Gasteiger partial charge in [0.1, 0.15) is 4.83 Å². The van der Waals surface area contributed by atoms with Gasteiger partial charge in [0.15, 0.2) is 5.16 Å². The van der Waals surface area contributed by atoms with E-state index < -0.39 is 5.25 Å². The van der Waals surface area contributed by atoms with Gasteiger partial charge in [0.25, 0.3) is 5.56 Å². The summed E-state index contributed by atoms with van der Waals surface area (Å²) in [5, 5.41) is 5.92. The first-order chi connectivity index (χ1) is 14.8. The molecule has 0 radical (unpaired) electrons. The van der Waals surface area contributed by atoms with Crippen molar-refractivity contribution in [2.24, 2.45) is 0 Å². The average Bonchev–Trinajstić information content (AvgIpc) is 3.16. The van der Waals surface area contributed by atoms with Gasteiger partial charge >= 0.3 is 0 Å². The highest BCUT2D eigenvalue weighted by Gasteiger charge is 2.19. The molecular formula is C23H20ClN3O2S2. The molecule has 4 rings (SSSR count). The minimum Gasteiger partial charge on any atom is -0.325 e. The second kappa shape index (κ2) is 8.86. The summed E-state index contributed by atoms with van der Waals surface area (Å²) in [6.45, 7) is 5.70. The van der Waals surface area contributed by atoms with E-state index >= 15 is 0 Å². The number of nitrogens with zero attached hydrogens (tertiary/aromatic N) is 1. The number of aromatic amines is 1. The Morgan fingerprint density at radius 3 is 2.65 bits per heavy atom. The van der Waals surface area contributed by atoms with Crippen molar-refractivity contribution in [2.75, 3.05) is 5.32 Å². The molecule has 31 heavy (non-hydrogen) atoms. The van der Waals surface area contributed by atoms with Crippen molar-refractivity contribution < 1.29 is 4.79 Å². The smallest absolute Gasteiger partial charge is 0.260 e. The molecule has 4 aromatic rings. The summed E-state index contributed by atoms with van der Waals surface area (Å²) in [5.41, 5.74) is 4.38.